The highest BCUT2D eigenvalue weighted by molar-refractivity contribution is 7.89. The van der Waals surface area contributed by atoms with Crippen molar-refractivity contribution in [2.45, 2.75) is 37.5 Å². The fraction of sp³-hybridized carbons (Fsp3) is 0.600. The zero-order valence-electron chi connectivity index (χ0n) is 11.9. The number of alkyl halides is 1. The van der Waals surface area contributed by atoms with Crippen LogP contribution < -0.4 is 0 Å². The van der Waals surface area contributed by atoms with Crippen LogP contribution in [0.1, 0.15) is 31.7 Å². The Labute approximate surface area is 127 Å². The number of aryl methyl sites for hydroxylation is 1. The molecule has 1 heterocycles. The van der Waals surface area contributed by atoms with Gasteiger partial charge in [-0.1, -0.05) is 19.1 Å². The largest absolute Gasteiger partial charge is 0.243 e. The number of nitrogens with zero attached hydrogens (tertiary/aromatic N) is 1. The van der Waals surface area contributed by atoms with Gasteiger partial charge in [0.15, 0.2) is 0 Å². The second kappa shape index (κ2) is 6.92. The van der Waals surface area contributed by atoms with E-state index in [4.69, 9.17) is 11.6 Å². The number of hydrogen-bond acceptors (Lipinski definition) is 2. The van der Waals surface area contributed by atoms with Crippen molar-refractivity contribution in [1.82, 2.24) is 4.31 Å². The second-order valence-electron chi connectivity index (χ2n) is 5.52. The van der Waals surface area contributed by atoms with E-state index in [1.54, 1.807) is 16.4 Å². The maximum atomic E-state index is 12.6. The van der Waals surface area contributed by atoms with Crippen molar-refractivity contribution >= 4 is 21.6 Å². The van der Waals surface area contributed by atoms with Crippen LogP contribution in [0.25, 0.3) is 0 Å². The molecule has 1 saturated heterocycles. The minimum atomic E-state index is -3.34. The summed E-state index contributed by atoms with van der Waals surface area (Å²) in [6.07, 6.45) is 3.78. The van der Waals surface area contributed by atoms with Crippen molar-refractivity contribution in [3.8, 4) is 0 Å². The number of benzene rings is 1. The summed E-state index contributed by atoms with van der Waals surface area (Å²) < 4.78 is 26.9. The molecule has 1 unspecified atom stereocenters. The first-order valence-corrected chi connectivity index (χ1v) is 9.16. The molecule has 1 aromatic carbocycles. The Kier molecular flexibility index (Phi) is 5.47. The maximum absolute atomic E-state index is 12.6. The van der Waals surface area contributed by atoms with Crippen LogP contribution in [-0.2, 0) is 16.4 Å². The van der Waals surface area contributed by atoms with Crippen LogP contribution in [0.2, 0.25) is 0 Å². The van der Waals surface area contributed by atoms with Crippen LogP contribution in [-0.4, -0.2) is 31.7 Å². The molecule has 0 N–H and O–H groups in total. The van der Waals surface area contributed by atoms with Gasteiger partial charge in [0.05, 0.1) is 4.90 Å². The first-order valence-electron chi connectivity index (χ1n) is 7.19. The fourth-order valence-electron chi connectivity index (χ4n) is 2.56. The third-order valence-corrected chi connectivity index (χ3v) is 6.02. The fourth-order valence-corrected chi connectivity index (χ4v) is 4.27. The van der Waals surface area contributed by atoms with E-state index in [-0.39, 0.29) is 0 Å². The van der Waals surface area contributed by atoms with Gasteiger partial charge >= 0.3 is 0 Å². The van der Waals surface area contributed by atoms with E-state index in [1.165, 1.54) is 0 Å². The highest BCUT2D eigenvalue weighted by Gasteiger charge is 2.26. The summed E-state index contributed by atoms with van der Waals surface area (Å²) in [5, 5.41) is 0. The molecule has 0 bridgehead atoms. The molecule has 112 valence electrons. The lowest BCUT2D eigenvalue weighted by Gasteiger charge is -2.20. The van der Waals surface area contributed by atoms with E-state index in [2.05, 4.69) is 6.92 Å². The van der Waals surface area contributed by atoms with Gasteiger partial charge in [0.1, 0.15) is 0 Å². The van der Waals surface area contributed by atoms with Crippen molar-refractivity contribution < 1.29 is 8.42 Å². The van der Waals surface area contributed by atoms with Gasteiger partial charge in [-0.15, -0.1) is 11.6 Å². The molecule has 1 aliphatic heterocycles. The molecule has 0 aromatic heterocycles. The van der Waals surface area contributed by atoms with E-state index in [1.807, 2.05) is 12.1 Å². The lowest BCUT2D eigenvalue weighted by Crippen LogP contribution is -2.32. The molecule has 1 aliphatic rings. The van der Waals surface area contributed by atoms with Crippen molar-refractivity contribution in [2.24, 2.45) is 5.92 Å². The first-order chi connectivity index (χ1) is 9.54. The monoisotopic (exact) mass is 315 g/mol. The van der Waals surface area contributed by atoms with E-state index < -0.39 is 10.0 Å². The zero-order valence-corrected chi connectivity index (χ0v) is 13.5. The number of sulfonamides is 1. The van der Waals surface area contributed by atoms with Crippen LogP contribution in [0.15, 0.2) is 29.2 Å². The number of halogens is 1. The second-order valence-corrected chi connectivity index (χ2v) is 7.84. The van der Waals surface area contributed by atoms with Crippen LogP contribution >= 0.6 is 11.6 Å². The van der Waals surface area contributed by atoms with E-state index in [0.717, 1.165) is 31.2 Å². The average molecular weight is 316 g/mol. The number of rotatable bonds is 4. The molecule has 0 saturated carbocycles. The molecule has 0 radical (unpaired) electrons. The molecule has 0 aliphatic carbocycles. The first kappa shape index (κ1) is 15.8. The predicted octanol–water partition coefficient (Wildman–Crippen LogP) is 3.28. The van der Waals surface area contributed by atoms with Crippen molar-refractivity contribution in [3.05, 3.63) is 29.8 Å². The van der Waals surface area contributed by atoms with Crippen molar-refractivity contribution in [2.75, 3.05) is 19.0 Å². The van der Waals surface area contributed by atoms with Crippen molar-refractivity contribution in [1.29, 1.82) is 0 Å². The Morgan fingerprint density at radius 2 is 1.90 bits per heavy atom. The summed E-state index contributed by atoms with van der Waals surface area (Å²) in [5.41, 5.74) is 1.07. The SMILES string of the molecule is CC1CCCN(S(=O)(=O)c2ccc(CCCl)cc2)CC1. The Morgan fingerprint density at radius 1 is 1.20 bits per heavy atom. The minimum absolute atomic E-state index is 0.394. The molecular weight excluding hydrogens is 294 g/mol. The Hall–Kier alpha value is -0.580. The molecule has 5 heteroatoms. The van der Waals surface area contributed by atoms with Crippen LogP contribution in [0.5, 0.6) is 0 Å². The standard InChI is InChI=1S/C15H22ClNO2S/c1-13-3-2-11-17(12-9-13)20(18,19)15-6-4-14(5-7-15)8-10-16/h4-7,13H,2-3,8-12H2,1H3. The van der Waals surface area contributed by atoms with Crippen LogP contribution in [0, 0.1) is 5.92 Å². The zero-order chi connectivity index (χ0) is 14.6. The molecular formula is C15H22ClNO2S. The average Bonchev–Trinajstić information content (AvgIpc) is 2.65. The maximum Gasteiger partial charge on any atom is 0.243 e. The molecule has 1 aromatic rings. The lowest BCUT2D eigenvalue weighted by molar-refractivity contribution is 0.417. The predicted molar refractivity (Wildman–Crippen MR) is 82.6 cm³/mol. The van der Waals surface area contributed by atoms with Crippen LogP contribution in [0.3, 0.4) is 0 Å². The summed E-state index contributed by atoms with van der Waals surface area (Å²) in [6.45, 7) is 3.46. The van der Waals surface area contributed by atoms with Gasteiger partial charge in [0, 0.05) is 19.0 Å². The van der Waals surface area contributed by atoms with Crippen LogP contribution in [0.4, 0.5) is 0 Å². The Bertz CT molecular complexity index is 527. The van der Waals surface area contributed by atoms with Gasteiger partial charge in [-0.3, -0.25) is 0 Å². The molecule has 0 amide bonds. The highest BCUT2D eigenvalue weighted by atomic mass is 35.5. The van der Waals surface area contributed by atoms with Gasteiger partial charge in [-0.05, 0) is 49.3 Å². The molecule has 1 fully saturated rings. The summed E-state index contributed by atoms with van der Waals surface area (Å²) in [6, 6.07) is 7.11. The quantitative estimate of drug-likeness (QED) is 0.800. The van der Waals surface area contributed by atoms with E-state index >= 15 is 0 Å². The third-order valence-electron chi connectivity index (χ3n) is 3.92. The summed E-state index contributed by atoms with van der Waals surface area (Å²) >= 11 is 5.69. The molecule has 20 heavy (non-hydrogen) atoms. The lowest BCUT2D eigenvalue weighted by atomic mass is 10.0. The van der Waals surface area contributed by atoms with Gasteiger partial charge < -0.3 is 0 Å². The van der Waals surface area contributed by atoms with Crippen molar-refractivity contribution in [3.63, 3.8) is 0 Å². The summed E-state index contributed by atoms with van der Waals surface area (Å²) in [5.74, 6) is 1.16. The normalized spacial score (nSPS) is 21.6. The van der Waals surface area contributed by atoms with Gasteiger partial charge in [-0.25, -0.2) is 8.42 Å². The molecule has 0 spiro atoms. The molecule has 3 nitrogen and oxygen atoms in total. The topological polar surface area (TPSA) is 37.4 Å². The summed E-state index contributed by atoms with van der Waals surface area (Å²) in [4.78, 5) is 0.394. The van der Waals surface area contributed by atoms with Gasteiger partial charge in [-0.2, -0.15) is 4.31 Å². The Balaban J connectivity index is 2.16. The molecule has 2 rings (SSSR count). The van der Waals surface area contributed by atoms with Gasteiger partial charge in [0.2, 0.25) is 10.0 Å². The highest BCUT2D eigenvalue weighted by Crippen LogP contribution is 2.23. The van der Waals surface area contributed by atoms with E-state index in [9.17, 15) is 8.42 Å². The third kappa shape index (κ3) is 3.74. The van der Waals surface area contributed by atoms with E-state index in [0.29, 0.717) is 29.8 Å². The van der Waals surface area contributed by atoms with Gasteiger partial charge in [0.25, 0.3) is 0 Å². The smallest absolute Gasteiger partial charge is 0.207 e. The minimum Gasteiger partial charge on any atom is -0.207 e. The molecule has 1 atom stereocenters. The summed E-state index contributed by atoms with van der Waals surface area (Å²) in [7, 11) is -3.34. The Morgan fingerprint density at radius 3 is 2.55 bits per heavy atom. The number of hydrogen-bond donors (Lipinski definition) is 0.